The van der Waals surface area contributed by atoms with Gasteiger partial charge < -0.3 is 10.2 Å². The lowest BCUT2D eigenvalue weighted by Gasteiger charge is -2.26. The van der Waals surface area contributed by atoms with Gasteiger partial charge in [0.25, 0.3) is 0 Å². The van der Waals surface area contributed by atoms with Crippen molar-refractivity contribution in [3.63, 3.8) is 0 Å². The number of anilines is 1. The van der Waals surface area contributed by atoms with Crippen molar-refractivity contribution < 1.29 is 9.59 Å². The van der Waals surface area contributed by atoms with E-state index in [0.717, 1.165) is 29.0 Å². The molecule has 6 nitrogen and oxygen atoms in total. The first-order chi connectivity index (χ1) is 15.0. The third kappa shape index (κ3) is 4.25. The molecule has 1 saturated carbocycles. The Morgan fingerprint density at radius 2 is 2.10 bits per heavy atom. The zero-order chi connectivity index (χ0) is 21.5. The van der Waals surface area contributed by atoms with Gasteiger partial charge in [0, 0.05) is 22.0 Å². The Morgan fingerprint density at radius 3 is 2.87 bits per heavy atom. The molecule has 1 aliphatic heterocycles. The van der Waals surface area contributed by atoms with E-state index in [0.29, 0.717) is 29.7 Å². The van der Waals surface area contributed by atoms with Crippen molar-refractivity contribution >= 4 is 40.6 Å². The van der Waals surface area contributed by atoms with Crippen LogP contribution < -0.4 is 5.32 Å². The van der Waals surface area contributed by atoms with Gasteiger partial charge in [-0.05, 0) is 54.8 Å². The number of fused-ring (bicyclic) bond motifs is 1. The first kappa shape index (κ1) is 20.3. The average Bonchev–Trinajstić information content (AvgIpc) is 3.06. The van der Waals surface area contributed by atoms with Gasteiger partial charge in [-0.1, -0.05) is 29.8 Å². The second-order valence-electron chi connectivity index (χ2n) is 8.32. The van der Waals surface area contributed by atoms with Gasteiger partial charge in [-0.3, -0.25) is 9.59 Å². The molecule has 1 saturated heterocycles. The monoisotopic (exact) mass is 454 g/mol. The number of amides is 2. The van der Waals surface area contributed by atoms with E-state index in [1.165, 1.54) is 0 Å². The van der Waals surface area contributed by atoms with E-state index >= 15 is 0 Å². The number of thiophene rings is 1. The van der Waals surface area contributed by atoms with Crippen molar-refractivity contribution in [2.75, 3.05) is 5.32 Å². The Kier molecular flexibility index (Phi) is 5.32. The number of benzene rings is 1. The van der Waals surface area contributed by atoms with Gasteiger partial charge in [-0.2, -0.15) is 5.10 Å². The summed E-state index contributed by atoms with van der Waals surface area (Å²) in [6, 6.07) is 13.1. The molecule has 3 atom stereocenters. The van der Waals surface area contributed by atoms with Crippen LogP contribution in [0, 0.1) is 12.8 Å². The van der Waals surface area contributed by atoms with Crippen LogP contribution >= 0.6 is 22.9 Å². The molecular formula is C23H23ClN4O2S. The molecule has 8 heteroatoms. The number of aromatic nitrogens is 2. The highest BCUT2D eigenvalue weighted by molar-refractivity contribution is 7.10. The predicted octanol–water partition coefficient (Wildman–Crippen LogP) is 4.13. The molecule has 2 aromatic heterocycles. The molecule has 1 N–H and O–H groups in total. The van der Waals surface area contributed by atoms with Crippen LogP contribution in [0.1, 0.15) is 29.0 Å². The Hall–Kier alpha value is -2.64. The number of rotatable bonds is 6. The summed E-state index contributed by atoms with van der Waals surface area (Å²) in [5, 5.41) is 10.2. The van der Waals surface area contributed by atoms with Gasteiger partial charge in [-0.15, -0.1) is 11.3 Å². The molecule has 2 aliphatic rings. The van der Waals surface area contributed by atoms with Crippen molar-refractivity contribution in [3.8, 4) is 0 Å². The fraction of sp³-hybridized carbons (Fsp3) is 0.348. The first-order valence-corrected chi connectivity index (χ1v) is 11.7. The summed E-state index contributed by atoms with van der Waals surface area (Å²) in [5.74, 6) is 0.977. The summed E-state index contributed by atoms with van der Waals surface area (Å²) in [7, 11) is 0. The molecule has 2 amide bonds. The number of carbonyl (C=O) groups is 2. The number of likely N-dealkylation sites (tertiary alicyclic amines) is 1. The number of halogens is 1. The Morgan fingerprint density at radius 1 is 1.23 bits per heavy atom. The minimum atomic E-state index is -0.425. The highest BCUT2D eigenvalue weighted by atomic mass is 35.5. The standard InChI is InChI=1S/C23H23ClN4O2S/c1-14-8-21(27(26-14)13-15-4-2-5-17(24)9-15)25-23(30)20-11-16-10-19(16)28(20)22(29)12-18-6-3-7-31-18/h2-9,16,19-20H,10-13H2,1H3,(H,25,30)/t16-,19-,20-/m0/s1. The third-order valence-corrected chi connectivity index (χ3v) is 7.09. The molecule has 0 radical (unpaired) electrons. The van der Waals surface area contributed by atoms with Gasteiger partial charge in [0.1, 0.15) is 11.9 Å². The van der Waals surface area contributed by atoms with Crippen molar-refractivity contribution in [1.82, 2.24) is 14.7 Å². The predicted molar refractivity (Wildman–Crippen MR) is 121 cm³/mol. The minimum absolute atomic E-state index is 0.0382. The maximum Gasteiger partial charge on any atom is 0.248 e. The van der Waals surface area contributed by atoms with Crippen LogP contribution in [0.25, 0.3) is 0 Å². The van der Waals surface area contributed by atoms with E-state index in [4.69, 9.17) is 11.6 Å². The van der Waals surface area contributed by atoms with Crippen LogP contribution in [0.5, 0.6) is 0 Å². The summed E-state index contributed by atoms with van der Waals surface area (Å²) in [4.78, 5) is 29.0. The van der Waals surface area contributed by atoms with Crippen LogP contribution in [0.15, 0.2) is 47.8 Å². The largest absolute Gasteiger partial charge is 0.327 e. The highest BCUT2D eigenvalue weighted by Gasteiger charge is 2.55. The van der Waals surface area contributed by atoms with Gasteiger partial charge in [0.2, 0.25) is 11.8 Å². The van der Waals surface area contributed by atoms with Gasteiger partial charge in [0.05, 0.1) is 18.7 Å². The van der Waals surface area contributed by atoms with E-state index in [9.17, 15) is 9.59 Å². The van der Waals surface area contributed by atoms with E-state index in [2.05, 4.69) is 10.4 Å². The maximum absolute atomic E-state index is 13.2. The van der Waals surface area contributed by atoms with Gasteiger partial charge in [0.15, 0.2) is 0 Å². The zero-order valence-corrected chi connectivity index (χ0v) is 18.7. The number of hydrogen-bond acceptors (Lipinski definition) is 4. The molecule has 2 fully saturated rings. The molecule has 1 aliphatic carbocycles. The van der Waals surface area contributed by atoms with Crippen molar-refractivity contribution in [2.24, 2.45) is 5.92 Å². The van der Waals surface area contributed by atoms with Gasteiger partial charge >= 0.3 is 0 Å². The average molecular weight is 455 g/mol. The van der Waals surface area contributed by atoms with E-state index < -0.39 is 6.04 Å². The fourth-order valence-corrected chi connectivity index (χ4v) is 5.40. The smallest absolute Gasteiger partial charge is 0.248 e. The lowest BCUT2D eigenvalue weighted by molar-refractivity contribution is -0.137. The number of nitrogens with zero attached hydrogens (tertiary/aromatic N) is 3. The van der Waals surface area contributed by atoms with E-state index in [-0.39, 0.29) is 17.9 Å². The summed E-state index contributed by atoms with van der Waals surface area (Å²) in [6.45, 7) is 2.40. The second kappa shape index (κ2) is 8.13. The molecule has 3 aromatic rings. The van der Waals surface area contributed by atoms with E-state index in [1.54, 1.807) is 16.0 Å². The summed E-state index contributed by atoms with van der Waals surface area (Å²) < 4.78 is 1.77. The molecule has 160 valence electrons. The fourth-order valence-electron chi connectivity index (χ4n) is 4.49. The van der Waals surface area contributed by atoms with Gasteiger partial charge in [-0.25, -0.2) is 4.68 Å². The Bertz CT molecular complexity index is 1130. The van der Waals surface area contributed by atoms with Crippen LogP contribution in [-0.2, 0) is 22.6 Å². The van der Waals surface area contributed by atoms with Crippen LogP contribution in [0.2, 0.25) is 5.02 Å². The number of nitrogens with one attached hydrogen (secondary N) is 1. The minimum Gasteiger partial charge on any atom is -0.327 e. The molecule has 0 unspecified atom stereocenters. The molecule has 3 heterocycles. The quantitative estimate of drug-likeness (QED) is 0.609. The Labute approximate surface area is 189 Å². The molecule has 1 aromatic carbocycles. The van der Waals surface area contributed by atoms with Crippen LogP contribution in [0.3, 0.4) is 0 Å². The third-order valence-electron chi connectivity index (χ3n) is 5.98. The first-order valence-electron chi connectivity index (χ1n) is 10.4. The molecule has 0 spiro atoms. The number of piperidine rings is 1. The second-order valence-corrected chi connectivity index (χ2v) is 9.79. The lowest BCUT2D eigenvalue weighted by atomic mass is 10.1. The van der Waals surface area contributed by atoms with Crippen LogP contribution in [0.4, 0.5) is 5.82 Å². The maximum atomic E-state index is 13.2. The summed E-state index contributed by atoms with van der Waals surface area (Å²) in [5.41, 5.74) is 1.82. The zero-order valence-electron chi connectivity index (χ0n) is 17.1. The number of carbonyl (C=O) groups excluding carboxylic acids is 2. The summed E-state index contributed by atoms with van der Waals surface area (Å²) >= 11 is 7.68. The number of aryl methyl sites for hydroxylation is 1. The number of hydrogen-bond donors (Lipinski definition) is 1. The molecule has 5 rings (SSSR count). The van der Waals surface area contributed by atoms with Crippen molar-refractivity contribution in [1.29, 1.82) is 0 Å². The Balaban J connectivity index is 1.31. The highest BCUT2D eigenvalue weighted by Crippen LogP contribution is 2.48. The summed E-state index contributed by atoms with van der Waals surface area (Å²) in [6.07, 6.45) is 2.09. The van der Waals surface area contributed by atoms with Crippen LogP contribution in [-0.4, -0.2) is 38.6 Å². The normalized spacial score (nSPS) is 21.7. The molecule has 0 bridgehead atoms. The van der Waals surface area contributed by atoms with Crippen molar-refractivity contribution in [2.45, 2.75) is 44.8 Å². The lowest BCUT2D eigenvalue weighted by Crippen LogP contribution is -2.46. The van der Waals surface area contributed by atoms with Crippen molar-refractivity contribution in [3.05, 3.63) is 69.0 Å². The topological polar surface area (TPSA) is 67.2 Å². The SMILES string of the molecule is Cc1cc(NC(=O)[C@@H]2C[C@@H]3C[C@@H]3N2C(=O)Cc2cccs2)n(Cc2cccc(Cl)c2)n1. The molecular weight excluding hydrogens is 432 g/mol. The molecule has 31 heavy (non-hydrogen) atoms. The van der Waals surface area contributed by atoms with E-state index in [1.807, 2.05) is 59.7 Å².